The number of para-hydroxylation sites is 1. The monoisotopic (exact) mass is 507 g/mol. The van der Waals surface area contributed by atoms with Crippen molar-refractivity contribution in [2.75, 3.05) is 23.2 Å². The van der Waals surface area contributed by atoms with Crippen molar-refractivity contribution in [1.29, 1.82) is 0 Å². The van der Waals surface area contributed by atoms with Gasteiger partial charge in [0.25, 0.3) is 21.8 Å². The van der Waals surface area contributed by atoms with Gasteiger partial charge < -0.3 is 15.4 Å². The summed E-state index contributed by atoms with van der Waals surface area (Å²) in [4.78, 5) is 25.8. The number of rotatable bonds is 8. The molecule has 0 unspecified atom stereocenters. The van der Waals surface area contributed by atoms with Gasteiger partial charge in [0.1, 0.15) is 0 Å². The maximum atomic E-state index is 13.1. The van der Waals surface area contributed by atoms with Gasteiger partial charge >= 0.3 is 0 Å². The number of benzene rings is 3. The number of ether oxygens (including phenoxy) is 1. The highest BCUT2D eigenvalue weighted by Crippen LogP contribution is 2.23. The van der Waals surface area contributed by atoms with Crippen LogP contribution in [0.5, 0.6) is 0 Å². The lowest BCUT2D eigenvalue weighted by atomic mass is 10.1. The second kappa shape index (κ2) is 10.9. The van der Waals surface area contributed by atoms with Crippen LogP contribution in [0.2, 0.25) is 0 Å². The minimum absolute atomic E-state index is 0.00156. The summed E-state index contributed by atoms with van der Waals surface area (Å²) in [7, 11) is -3.93. The van der Waals surface area contributed by atoms with Crippen LogP contribution < -0.4 is 15.4 Å². The van der Waals surface area contributed by atoms with E-state index >= 15 is 0 Å². The molecule has 3 aromatic carbocycles. The number of hydrogen-bond acceptors (Lipinski definition) is 5. The molecule has 1 fully saturated rings. The number of anilines is 2. The smallest absolute Gasteiger partial charge is 0.262 e. The molecule has 3 N–H and O–H groups in total. The fourth-order valence-electron chi connectivity index (χ4n) is 3.95. The van der Waals surface area contributed by atoms with Crippen LogP contribution in [-0.4, -0.2) is 39.5 Å². The third-order valence-electron chi connectivity index (χ3n) is 5.98. The fraction of sp³-hybridized carbons (Fsp3) is 0.259. The Kier molecular flexibility index (Phi) is 7.71. The van der Waals surface area contributed by atoms with Gasteiger partial charge in [-0.1, -0.05) is 35.9 Å². The molecule has 1 saturated heterocycles. The first kappa shape index (κ1) is 25.4. The van der Waals surface area contributed by atoms with Crippen LogP contribution in [0.15, 0.2) is 71.6 Å². The van der Waals surface area contributed by atoms with Gasteiger partial charge in [0, 0.05) is 24.4 Å². The second-order valence-corrected chi connectivity index (χ2v) is 10.4. The van der Waals surface area contributed by atoms with Crippen molar-refractivity contribution in [3.8, 4) is 0 Å². The predicted octanol–water partition coefficient (Wildman–Crippen LogP) is 4.27. The van der Waals surface area contributed by atoms with Crippen LogP contribution in [0.25, 0.3) is 0 Å². The standard InChI is InChI=1S/C27H29N3O5S/c1-18-9-13-21(14-10-18)30-36(33,34)25-16-20(12-11-19(25)2)26(31)29-24-8-4-3-7-23(24)27(32)28-17-22-6-5-15-35-22/h3-4,7-14,16,22,30H,5-6,15,17H2,1-2H3,(H,28,32)(H,29,31)/t22-/m0/s1. The Labute approximate surface area is 211 Å². The highest BCUT2D eigenvalue weighted by molar-refractivity contribution is 7.92. The number of hydrogen-bond donors (Lipinski definition) is 3. The first-order valence-corrected chi connectivity index (χ1v) is 13.2. The minimum Gasteiger partial charge on any atom is -0.376 e. The van der Waals surface area contributed by atoms with Gasteiger partial charge in [0.15, 0.2) is 0 Å². The largest absolute Gasteiger partial charge is 0.376 e. The molecule has 0 radical (unpaired) electrons. The number of nitrogens with one attached hydrogen (secondary N) is 3. The Balaban J connectivity index is 1.51. The highest BCUT2D eigenvalue weighted by Gasteiger charge is 2.21. The topological polar surface area (TPSA) is 114 Å². The van der Waals surface area contributed by atoms with Gasteiger partial charge in [0.05, 0.1) is 22.3 Å². The van der Waals surface area contributed by atoms with Gasteiger partial charge in [-0.15, -0.1) is 0 Å². The molecule has 0 aliphatic carbocycles. The van der Waals surface area contributed by atoms with Crippen molar-refractivity contribution >= 4 is 33.2 Å². The molecule has 0 bridgehead atoms. The summed E-state index contributed by atoms with van der Waals surface area (Å²) in [6.45, 7) is 4.67. The van der Waals surface area contributed by atoms with Crippen LogP contribution in [0.3, 0.4) is 0 Å². The van der Waals surface area contributed by atoms with E-state index in [1.54, 1.807) is 55.5 Å². The second-order valence-electron chi connectivity index (χ2n) is 8.80. The van der Waals surface area contributed by atoms with Gasteiger partial charge in [-0.25, -0.2) is 8.42 Å². The van der Waals surface area contributed by atoms with Gasteiger partial charge in [0.2, 0.25) is 0 Å². The van der Waals surface area contributed by atoms with Crippen molar-refractivity contribution < 1.29 is 22.7 Å². The molecule has 188 valence electrons. The fourth-order valence-corrected chi connectivity index (χ4v) is 5.28. The van der Waals surface area contributed by atoms with E-state index in [1.165, 1.54) is 6.07 Å². The van der Waals surface area contributed by atoms with Crippen LogP contribution in [0.1, 0.15) is 44.7 Å². The summed E-state index contributed by atoms with van der Waals surface area (Å²) in [6.07, 6.45) is 1.87. The predicted molar refractivity (Wildman–Crippen MR) is 139 cm³/mol. The molecule has 36 heavy (non-hydrogen) atoms. The molecule has 1 heterocycles. The maximum absolute atomic E-state index is 13.1. The van der Waals surface area contributed by atoms with E-state index in [9.17, 15) is 18.0 Å². The van der Waals surface area contributed by atoms with E-state index in [0.717, 1.165) is 18.4 Å². The molecule has 1 atom stereocenters. The van der Waals surface area contributed by atoms with E-state index in [1.807, 2.05) is 19.1 Å². The van der Waals surface area contributed by atoms with Gasteiger partial charge in [-0.05, 0) is 68.7 Å². The van der Waals surface area contributed by atoms with E-state index in [2.05, 4.69) is 15.4 Å². The summed E-state index contributed by atoms with van der Waals surface area (Å²) >= 11 is 0. The van der Waals surface area contributed by atoms with Gasteiger partial charge in [-0.2, -0.15) is 0 Å². The van der Waals surface area contributed by atoms with Crippen molar-refractivity contribution in [2.24, 2.45) is 0 Å². The Bertz CT molecular complexity index is 1360. The van der Waals surface area contributed by atoms with E-state index in [4.69, 9.17) is 4.74 Å². The molecule has 4 rings (SSSR count). The van der Waals surface area contributed by atoms with Crippen molar-refractivity contribution in [3.63, 3.8) is 0 Å². The molecular formula is C27H29N3O5S. The Morgan fingerprint density at radius 3 is 2.44 bits per heavy atom. The first-order chi connectivity index (χ1) is 17.2. The number of sulfonamides is 1. The van der Waals surface area contributed by atoms with Crippen molar-refractivity contribution in [1.82, 2.24) is 5.32 Å². The summed E-state index contributed by atoms with van der Waals surface area (Å²) in [5.41, 5.74) is 2.73. The van der Waals surface area contributed by atoms with Crippen LogP contribution in [0.4, 0.5) is 11.4 Å². The lowest BCUT2D eigenvalue weighted by Gasteiger charge is -2.15. The molecule has 3 aromatic rings. The van der Waals surface area contributed by atoms with Crippen molar-refractivity contribution in [2.45, 2.75) is 37.7 Å². The zero-order valence-corrected chi connectivity index (χ0v) is 21.0. The Hall–Kier alpha value is -3.69. The SMILES string of the molecule is Cc1ccc(NS(=O)(=O)c2cc(C(=O)Nc3ccccc3C(=O)NC[C@@H]3CCCO3)ccc2C)cc1. The molecule has 8 nitrogen and oxygen atoms in total. The molecule has 0 spiro atoms. The molecule has 0 aromatic heterocycles. The molecular weight excluding hydrogens is 478 g/mol. The maximum Gasteiger partial charge on any atom is 0.262 e. The average Bonchev–Trinajstić information content (AvgIpc) is 3.38. The van der Waals surface area contributed by atoms with E-state index in [-0.39, 0.29) is 22.5 Å². The Morgan fingerprint density at radius 2 is 1.72 bits per heavy atom. The van der Waals surface area contributed by atoms with Crippen LogP contribution in [-0.2, 0) is 14.8 Å². The Morgan fingerprint density at radius 1 is 0.972 bits per heavy atom. The average molecular weight is 508 g/mol. The summed E-state index contributed by atoms with van der Waals surface area (Å²) in [6, 6.07) is 18.1. The van der Waals surface area contributed by atoms with Crippen molar-refractivity contribution in [3.05, 3.63) is 89.0 Å². The number of aryl methyl sites for hydroxylation is 2. The molecule has 1 aliphatic rings. The number of carbonyl (C=O) groups is 2. The highest BCUT2D eigenvalue weighted by atomic mass is 32.2. The molecule has 2 amide bonds. The van der Waals surface area contributed by atoms with E-state index < -0.39 is 15.9 Å². The number of amides is 2. The normalized spacial score (nSPS) is 15.3. The first-order valence-electron chi connectivity index (χ1n) is 11.7. The summed E-state index contributed by atoms with van der Waals surface area (Å²) < 4.78 is 34.2. The third-order valence-corrected chi connectivity index (χ3v) is 7.50. The number of carbonyl (C=O) groups excluding carboxylic acids is 2. The van der Waals surface area contributed by atoms with E-state index in [0.29, 0.717) is 35.7 Å². The lowest BCUT2D eigenvalue weighted by molar-refractivity contribution is 0.0858. The molecule has 9 heteroatoms. The zero-order chi connectivity index (χ0) is 25.7. The third kappa shape index (κ3) is 6.10. The zero-order valence-electron chi connectivity index (χ0n) is 20.2. The van der Waals surface area contributed by atoms with Crippen LogP contribution in [0, 0.1) is 13.8 Å². The summed E-state index contributed by atoms with van der Waals surface area (Å²) in [5, 5.41) is 5.60. The summed E-state index contributed by atoms with van der Waals surface area (Å²) in [5.74, 6) is -0.850. The lowest BCUT2D eigenvalue weighted by Crippen LogP contribution is -2.32. The van der Waals surface area contributed by atoms with Gasteiger partial charge in [-0.3, -0.25) is 14.3 Å². The van der Waals surface area contributed by atoms with Crippen LogP contribution >= 0.6 is 0 Å². The molecule has 0 saturated carbocycles. The quantitative estimate of drug-likeness (QED) is 0.422. The minimum atomic E-state index is -3.93. The molecule has 1 aliphatic heterocycles.